The molecule has 45 heavy (non-hydrogen) atoms. The molecule has 242 valence electrons. The summed E-state index contributed by atoms with van der Waals surface area (Å²) in [6.07, 6.45) is 6.67. The molecule has 3 aliphatic rings. The van der Waals surface area contributed by atoms with Crippen molar-refractivity contribution in [2.24, 2.45) is 0 Å². The third-order valence-electron chi connectivity index (χ3n) is 9.11. The summed E-state index contributed by atoms with van der Waals surface area (Å²) < 4.78 is 0. The number of halogens is 1. The van der Waals surface area contributed by atoms with E-state index in [-0.39, 0.29) is 41.0 Å². The zero-order valence-corrected chi connectivity index (χ0v) is 26.7. The topological polar surface area (TPSA) is 122 Å². The number of rotatable bonds is 11. The molecule has 1 aliphatic carbocycles. The van der Waals surface area contributed by atoms with Gasteiger partial charge in [-0.15, -0.1) is 0 Å². The maximum Gasteiger partial charge on any atom is 0.317 e. The summed E-state index contributed by atoms with van der Waals surface area (Å²) in [7, 11) is 0. The molecule has 2 aliphatic heterocycles. The van der Waals surface area contributed by atoms with E-state index in [1.807, 2.05) is 37.3 Å². The number of nitrogens with zero attached hydrogens (tertiary/aromatic N) is 3. The number of aliphatic hydroxyl groups excluding tert-OH is 1. The van der Waals surface area contributed by atoms with Crippen LogP contribution in [0.2, 0.25) is 5.02 Å². The highest BCUT2D eigenvalue weighted by molar-refractivity contribution is 6.37. The summed E-state index contributed by atoms with van der Waals surface area (Å²) in [4.78, 5) is 57.2. The van der Waals surface area contributed by atoms with Gasteiger partial charge in [-0.1, -0.05) is 61.2 Å². The van der Waals surface area contributed by atoms with Crippen molar-refractivity contribution in [1.29, 1.82) is 0 Å². The second kappa shape index (κ2) is 15.1. The Morgan fingerprint density at radius 3 is 2.09 bits per heavy atom. The van der Waals surface area contributed by atoms with Gasteiger partial charge in [0.1, 0.15) is 0 Å². The predicted molar refractivity (Wildman–Crippen MR) is 175 cm³/mol. The Morgan fingerprint density at radius 1 is 0.956 bits per heavy atom. The van der Waals surface area contributed by atoms with Crippen molar-refractivity contribution in [3.05, 3.63) is 58.6 Å². The van der Waals surface area contributed by atoms with Gasteiger partial charge in [0.2, 0.25) is 11.8 Å². The van der Waals surface area contributed by atoms with Gasteiger partial charge in [-0.3, -0.25) is 14.4 Å². The van der Waals surface area contributed by atoms with E-state index >= 15 is 0 Å². The molecule has 0 radical (unpaired) electrons. The summed E-state index contributed by atoms with van der Waals surface area (Å²) >= 11 is 6.81. The largest absolute Gasteiger partial charge is 0.389 e. The molecule has 1 saturated carbocycles. The van der Waals surface area contributed by atoms with E-state index in [9.17, 15) is 24.3 Å². The first-order valence-electron chi connectivity index (χ1n) is 16.3. The van der Waals surface area contributed by atoms with E-state index in [2.05, 4.69) is 10.6 Å². The Hall–Kier alpha value is -3.63. The molecule has 0 aromatic heterocycles. The minimum absolute atomic E-state index is 0.0362. The molecular weight excluding hydrogens is 594 g/mol. The number of carbonyl (C=O) groups excluding carboxylic acids is 4. The Labute approximate surface area is 270 Å². The SMILES string of the molecule is CCN(C[C@H](O)[C@H](Cc1ccccc1)NC(=O)c1cc(N2CCCC2=O)c(Cl)c(N2CCCC2=O)c1)C(=O)NC1CCCCC1. The van der Waals surface area contributed by atoms with Crippen LogP contribution in [0.15, 0.2) is 42.5 Å². The standard InChI is InChI=1S/C34H44ClN5O5/c1-2-38(34(45)36-25-13-7-4-8-14-25)22-29(41)26(19-23-11-5-3-6-12-23)37-33(44)24-20-27(39-17-9-15-30(39)42)32(35)28(21-24)40-18-10-16-31(40)43/h3,5-6,11-12,20-21,25-26,29,41H,2,4,7-10,13-19,22H2,1H3,(H,36,45)(H,37,44)/t26-,29-/m0/s1. The Kier molecular flexibility index (Phi) is 11.0. The number of carbonyl (C=O) groups is 4. The lowest BCUT2D eigenvalue weighted by Gasteiger charge is -2.32. The minimum atomic E-state index is -1.07. The third-order valence-corrected chi connectivity index (χ3v) is 9.50. The summed E-state index contributed by atoms with van der Waals surface area (Å²) in [5, 5.41) is 17.9. The van der Waals surface area contributed by atoms with Crippen LogP contribution in [0.25, 0.3) is 0 Å². The van der Waals surface area contributed by atoms with Crippen molar-refractivity contribution in [3.63, 3.8) is 0 Å². The average molecular weight is 638 g/mol. The van der Waals surface area contributed by atoms with Crippen LogP contribution < -0.4 is 20.4 Å². The zero-order valence-electron chi connectivity index (χ0n) is 26.0. The summed E-state index contributed by atoms with van der Waals surface area (Å²) in [5.41, 5.74) is 1.95. The first-order chi connectivity index (χ1) is 21.7. The molecule has 2 aromatic rings. The molecule has 0 bridgehead atoms. The highest BCUT2D eigenvalue weighted by Gasteiger charge is 2.32. The van der Waals surface area contributed by atoms with Gasteiger partial charge in [0.25, 0.3) is 5.91 Å². The number of aliphatic hydroxyl groups is 1. The van der Waals surface area contributed by atoms with Crippen LogP contribution in [-0.4, -0.2) is 78.1 Å². The lowest BCUT2D eigenvalue weighted by Crippen LogP contribution is -2.53. The van der Waals surface area contributed by atoms with Crippen LogP contribution in [0.5, 0.6) is 0 Å². The molecule has 3 fully saturated rings. The lowest BCUT2D eigenvalue weighted by molar-refractivity contribution is -0.117. The Morgan fingerprint density at radius 2 is 1.56 bits per heavy atom. The molecule has 10 nitrogen and oxygen atoms in total. The van der Waals surface area contributed by atoms with Gasteiger partial charge in [0, 0.05) is 44.1 Å². The number of hydrogen-bond acceptors (Lipinski definition) is 5. The van der Waals surface area contributed by atoms with Crippen molar-refractivity contribution >= 4 is 46.7 Å². The van der Waals surface area contributed by atoms with Crippen molar-refractivity contribution in [2.45, 2.75) is 89.3 Å². The number of amides is 5. The zero-order chi connectivity index (χ0) is 31.9. The van der Waals surface area contributed by atoms with Gasteiger partial charge in [-0.05, 0) is 56.7 Å². The molecule has 0 unspecified atom stereocenters. The van der Waals surface area contributed by atoms with Crippen LogP contribution >= 0.6 is 11.6 Å². The first kappa shape index (κ1) is 32.8. The van der Waals surface area contributed by atoms with Crippen molar-refractivity contribution in [2.75, 3.05) is 36.0 Å². The highest BCUT2D eigenvalue weighted by Crippen LogP contribution is 2.40. The monoisotopic (exact) mass is 637 g/mol. The van der Waals surface area contributed by atoms with Crippen LogP contribution in [0.1, 0.15) is 80.6 Å². The van der Waals surface area contributed by atoms with Gasteiger partial charge in [-0.2, -0.15) is 0 Å². The number of nitrogens with one attached hydrogen (secondary N) is 2. The van der Waals surface area contributed by atoms with Gasteiger partial charge in [0.05, 0.1) is 35.1 Å². The second-order valence-electron chi connectivity index (χ2n) is 12.3. The number of hydrogen-bond donors (Lipinski definition) is 3. The number of benzene rings is 2. The second-order valence-corrected chi connectivity index (χ2v) is 12.7. The van der Waals surface area contributed by atoms with Crippen LogP contribution in [-0.2, 0) is 16.0 Å². The lowest BCUT2D eigenvalue weighted by atomic mass is 9.96. The number of urea groups is 1. The molecule has 2 aromatic carbocycles. The van der Waals surface area contributed by atoms with Crippen molar-refractivity contribution < 1.29 is 24.3 Å². The number of anilines is 2. The van der Waals surface area contributed by atoms with E-state index in [1.54, 1.807) is 26.8 Å². The van der Waals surface area contributed by atoms with Crippen molar-refractivity contribution in [1.82, 2.24) is 15.5 Å². The van der Waals surface area contributed by atoms with Gasteiger partial charge in [-0.25, -0.2) is 4.79 Å². The first-order valence-corrected chi connectivity index (χ1v) is 16.7. The van der Waals surface area contributed by atoms with Gasteiger partial charge < -0.3 is 30.4 Å². The van der Waals surface area contributed by atoms with E-state index in [1.165, 1.54) is 6.42 Å². The average Bonchev–Trinajstić information content (AvgIpc) is 3.67. The van der Waals surface area contributed by atoms with E-state index < -0.39 is 18.1 Å². The molecule has 2 heterocycles. The molecule has 5 rings (SSSR count). The Bertz CT molecular complexity index is 1340. The molecule has 0 spiro atoms. The normalized spacial score (nSPS) is 18.6. The third kappa shape index (κ3) is 7.97. The van der Waals surface area contributed by atoms with E-state index in [4.69, 9.17) is 11.6 Å². The fraction of sp³-hybridized carbons (Fsp3) is 0.529. The quantitative estimate of drug-likeness (QED) is 0.331. The minimum Gasteiger partial charge on any atom is -0.389 e. The van der Waals surface area contributed by atoms with E-state index in [0.29, 0.717) is 63.1 Å². The molecule has 5 amide bonds. The maximum absolute atomic E-state index is 13.9. The molecule has 2 atom stereocenters. The highest BCUT2D eigenvalue weighted by atomic mass is 35.5. The summed E-state index contributed by atoms with van der Waals surface area (Å²) in [6, 6.07) is 11.9. The molecule has 3 N–H and O–H groups in total. The fourth-order valence-corrected chi connectivity index (χ4v) is 6.86. The Balaban J connectivity index is 1.40. The van der Waals surface area contributed by atoms with Crippen LogP contribution in [0.4, 0.5) is 16.2 Å². The van der Waals surface area contributed by atoms with Gasteiger partial charge >= 0.3 is 6.03 Å². The summed E-state index contributed by atoms with van der Waals surface area (Å²) in [6.45, 7) is 3.26. The number of likely N-dealkylation sites (N-methyl/N-ethyl adjacent to an activating group) is 1. The molecule has 2 saturated heterocycles. The predicted octanol–water partition coefficient (Wildman–Crippen LogP) is 4.66. The van der Waals surface area contributed by atoms with Crippen molar-refractivity contribution in [3.8, 4) is 0 Å². The fourth-order valence-electron chi connectivity index (χ4n) is 6.55. The van der Waals surface area contributed by atoms with Crippen LogP contribution in [0.3, 0.4) is 0 Å². The summed E-state index contributed by atoms with van der Waals surface area (Å²) in [5.74, 6) is -0.643. The van der Waals surface area contributed by atoms with E-state index in [0.717, 1.165) is 31.2 Å². The molecular formula is C34H44ClN5O5. The smallest absolute Gasteiger partial charge is 0.317 e. The van der Waals surface area contributed by atoms with Gasteiger partial charge in [0.15, 0.2) is 0 Å². The maximum atomic E-state index is 13.9. The van der Waals surface area contributed by atoms with Crippen LogP contribution in [0, 0.1) is 0 Å². The molecule has 11 heteroatoms.